The van der Waals surface area contributed by atoms with Crippen molar-refractivity contribution in [2.24, 2.45) is 0 Å². The molecule has 1 aromatic heterocycles. The zero-order valence-corrected chi connectivity index (χ0v) is 9.36. The zero-order chi connectivity index (χ0) is 10.1. The van der Waals surface area contributed by atoms with Gasteiger partial charge in [-0.3, -0.25) is 4.79 Å². The first-order valence-corrected chi connectivity index (χ1v) is 5.73. The molecular formula is C10H14N2OS. The second kappa shape index (κ2) is 3.69. The highest BCUT2D eigenvalue weighted by atomic mass is 32.1. The normalized spacial score (nSPS) is 16.3. The van der Waals surface area contributed by atoms with E-state index in [9.17, 15) is 4.79 Å². The number of thiazole rings is 1. The number of carbonyl (C=O) groups excluding carboxylic acids is 1. The standard InChI is InChI=1S/C10H14N2OS/c1-7-8(2)14-9(11-7)10(13)12-5-3-4-6-12/h3-6H2,1-2H3. The van der Waals surface area contributed by atoms with Gasteiger partial charge in [-0.05, 0) is 26.7 Å². The molecule has 2 rings (SSSR count). The third-order valence-corrected chi connectivity index (χ3v) is 3.67. The molecular weight excluding hydrogens is 196 g/mol. The van der Waals surface area contributed by atoms with Crippen LogP contribution in [0.5, 0.6) is 0 Å². The minimum Gasteiger partial charge on any atom is -0.337 e. The molecule has 0 bridgehead atoms. The first-order valence-electron chi connectivity index (χ1n) is 4.92. The maximum Gasteiger partial charge on any atom is 0.282 e. The number of amides is 1. The summed E-state index contributed by atoms with van der Waals surface area (Å²) < 4.78 is 0. The van der Waals surface area contributed by atoms with Gasteiger partial charge in [0.05, 0.1) is 5.69 Å². The molecule has 2 heterocycles. The van der Waals surface area contributed by atoms with Gasteiger partial charge in [0.15, 0.2) is 5.01 Å². The van der Waals surface area contributed by atoms with Crippen molar-refractivity contribution < 1.29 is 4.79 Å². The van der Waals surface area contributed by atoms with Crippen molar-refractivity contribution in [2.45, 2.75) is 26.7 Å². The van der Waals surface area contributed by atoms with Crippen LogP contribution in [0.1, 0.15) is 33.2 Å². The van der Waals surface area contributed by atoms with Gasteiger partial charge in [-0.15, -0.1) is 11.3 Å². The molecule has 1 saturated heterocycles. The molecule has 0 saturated carbocycles. The van der Waals surface area contributed by atoms with Crippen molar-refractivity contribution in [3.05, 3.63) is 15.6 Å². The van der Waals surface area contributed by atoms with Gasteiger partial charge in [-0.1, -0.05) is 0 Å². The highest BCUT2D eigenvalue weighted by Gasteiger charge is 2.22. The third kappa shape index (κ3) is 1.66. The van der Waals surface area contributed by atoms with Gasteiger partial charge in [0.25, 0.3) is 5.91 Å². The van der Waals surface area contributed by atoms with E-state index in [-0.39, 0.29) is 5.91 Å². The molecule has 0 radical (unpaired) electrons. The van der Waals surface area contributed by atoms with Crippen molar-refractivity contribution >= 4 is 17.2 Å². The summed E-state index contributed by atoms with van der Waals surface area (Å²) in [6.07, 6.45) is 2.27. The Balaban J connectivity index is 2.18. The Bertz CT molecular complexity index is 334. The van der Waals surface area contributed by atoms with Crippen LogP contribution in [-0.4, -0.2) is 28.9 Å². The molecule has 0 aromatic carbocycles. The number of hydrogen-bond donors (Lipinski definition) is 0. The molecule has 1 amide bonds. The van der Waals surface area contributed by atoms with E-state index in [1.807, 2.05) is 18.7 Å². The first kappa shape index (κ1) is 9.65. The third-order valence-electron chi connectivity index (χ3n) is 2.60. The SMILES string of the molecule is Cc1nc(C(=O)N2CCCC2)sc1C. The molecule has 3 nitrogen and oxygen atoms in total. The minimum absolute atomic E-state index is 0.115. The zero-order valence-electron chi connectivity index (χ0n) is 8.54. The van der Waals surface area contributed by atoms with E-state index < -0.39 is 0 Å². The number of rotatable bonds is 1. The summed E-state index contributed by atoms with van der Waals surface area (Å²) in [6.45, 7) is 5.76. The largest absolute Gasteiger partial charge is 0.337 e. The van der Waals surface area contributed by atoms with Crippen LogP contribution >= 0.6 is 11.3 Å². The van der Waals surface area contributed by atoms with Gasteiger partial charge in [-0.2, -0.15) is 0 Å². The van der Waals surface area contributed by atoms with Gasteiger partial charge >= 0.3 is 0 Å². The van der Waals surface area contributed by atoms with Gasteiger partial charge < -0.3 is 4.90 Å². The average Bonchev–Trinajstić information content (AvgIpc) is 2.76. The van der Waals surface area contributed by atoms with E-state index in [2.05, 4.69) is 4.98 Å². The van der Waals surface area contributed by atoms with Crippen LogP contribution in [0.4, 0.5) is 0 Å². The number of aromatic nitrogens is 1. The van der Waals surface area contributed by atoms with Crippen molar-refractivity contribution in [1.82, 2.24) is 9.88 Å². The number of hydrogen-bond acceptors (Lipinski definition) is 3. The molecule has 76 valence electrons. The number of nitrogens with zero attached hydrogens (tertiary/aromatic N) is 2. The molecule has 0 N–H and O–H groups in total. The lowest BCUT2D eigenvalue weighted by atomic mass is 10.4. The molecule has 14 heavy (non-hydrogen) atoms. The summed E-state index contributed by atoms with van der Waals surface area (Å²) in [4.78, 5) is 19.2. The van der Waals surface area contributed by atoms with Crippen LogP contribution < -0.4 is 0 Å². The minimum atomic E-state index is 0.115. The predicted molar refractivity (Wildman–Crippen MR) is 56.7 cm³/mol. The number of carbonyl (C=O) groups is 1. The monoisotopic (exact) mass is 210 g/mol. The Kier molecular flexibility index (Phi) is 2.54. The fraction of sp³-hybridized carbons (Fsp3) is 0.600. The Hall–Kier alpha value is -0.900. The van der Waals surface area contributed by atoms with E-state index in [4.69, 9.17) is 0 Å². The Labute approximate surface area is 87.8 Å². The first-order chi connectivity index (χ1) is 6.68. The van der Waals surface area contributed by atoms with Gasteiger partial charge in [0, 0.05) is 18.0 Å². The van der Waals surface area contributed by atoms with Crippen molar-refractivity contribution in [2.75, 3.05) is 13.1 Å². The van der Waals surface area contributed by atoms with Crippen LogP contribution in [0.3, 0.4) is 0 Å². The molecule has 1 fully saturated rings. The van der Waals surface area contributed by atoms with E-state index in [0.29, 0.717) is 5.01 Å². The lowest BCUT2D eigenvalue weighted by molar-refractivity contribution is 0.0792. The lowest BCUT2D eigenvalue weighted by Crippen LogP contribution is -2.27. The molecule has 0 atom stereocenters. The topological polar surface area (TPSA) is 33.2 Å². The van der Waals surface area contributed by atoms with Crippen molar-refractivity contribution in [1.29, 1.82) is 0 Å². The molecule has 1 aliphatic rings. The molecule has 0 unspecified atom stereocenters. The Morgan fingerprint density at radius 3 is 2.50 bits per heavy atom. The second-order valence-corrected chi connectivity index (χ2v) is 4.86. The summed E-state index contributed by atoms with van der Waals surface area (Å²) >= 11 is 1.51. The molecule has 4 heteroatoms. The van der Waals surface area contributed by atoms with Crippen molar-refractivity contribution in [3.63, 3.8) is 0 Å². The molecule has 0 aliphatic carbocycles. The quantitative estimate of drug-likeness (QED) is 0.710. The molecule has 0 spiro atoms. The summed E-state index contributed by atoms with van der Waals surface area (Å²) in [5.74, 6) is 0.115. The summed E-state index contributed by atoms with van der Waals surface area (Å²) in [6, 6.07) is 0. The van der Waals surface area contributed by atoms with Crippen LogP contribution in [-0.2, 0) is 0 Å². The smallest absolute Gasteiger partial charge is 0.282 e. The highest BCUT2D eigenvalue weighted by Crippen LogP contribution is 2.20. The maximum atomic E-state index is 11.9. The van der Waals surface area contributed by atoms with Gasteiger partial charge in [0.2, 0.25) is 0 Å². The van der Waals surface area contributed by atoms with Gasteiger partial charge in [0.1, 0.15) is 0 Å². The summed E-state index contributed by atoms with van der Waals surface area (Å²) in [5.41, 5.74) is 0.984. The molecule has 1 aliphatic heterocycles. The highest BCUT2D eigenvalue weighted by molar-refractivity contribution is 7.13. The molecule has 1 aromatic rings. The van der Waals surface area contributed by atoms with E-state index in [1.165, 1.54) is 11.3 Å². The average molecular weight is 210 g/mol. The lowest BCUT2D eigenvalue weighted by Gasteiger charge is -2.12. The van der Waals surface area contributed by atoms with E-state index in [0.717, 1.165) is 36.5 Å². The van der Waals surface area contributed by atoms with Crippen molar-refractivity contribution in [3.8, 4) is 0 Å². The van der Waals surface area contributed by atoms with E-state index >= 15 is 0 Å². The Morgan fingerprint density at radius 2 is 2.00 bits per heavy atom. The van der Waals surface area contributed by atoms with E-state index in [1.54, 1.807) is 0 Å². The van der Waals surface area contributed by atoms with Gasteiger partial charge in [-0.25, -0.2) is 4.98 Å². The van der Waals surface area contributed by atoms with Crippen LogP contribution in [0.15, 0.2) is 0 Å². The maximum absolute atomic E-state index is 11.9. The van der Waals surface area contributed by atoms with Crippen LogP contribution in [0.25, 0.3) is 0 Å². The second-order valence-electron chi connectivity index (χ2n) is 3.66. The summed E-state index contributed by atoms with van der Waals surface area (Å²) in [5, 5.41) is 0.655. The Morgan fingerprint density at radius 1 is 1.36 bits per heavy atom. The number of likely N-dealkylation sites (tertiary alicyclic amines) is 1. The fourth-order valence-electron chi connectivity index (χ4n) is 1.62. The predicted octanol–water partition coefficient (Wildman–Crippen LogP) is 2.00. The fourth-order valence-corrected chi connectivity index (χ4v) is 2.50. The van der Waals surface area contributed by atoms with Crippen LogP contribution in [0.2, 0.25) is 0 Å². The van der Waals surface area contributed by atoms with Crippen LogP contribution in [0, 0.1) is 13.8 Å². The number of aryl methyl sites for hydroxylation is 2. The summed E-state index contributed by atoms with van der Waals surface area (Å²) in [7, 11) is 0.